The molecule has 4 heterocycles. The van der Waals surface area contributed by atoms with Crippen molar-refractivity contribution in [3.63, 3.8) is 0 Å². The number of anilines is 1. The van der Waals surface area contributed by atoms with Crippen LogP contribution in [-0.2, 0) is 4.74 Å². The van der Waals surface area contributed by atoms with E-state index in [1.807, 2.05) is 9.95 Å². The number of hydrogen-bond acceptors (Lipinski definition) is 7. The van der Waals surface area contributed by atoms with Crippen LogP contribution >= 0.6 is 11.3 Å². The number of imidazole rings is 1. The number of nitrogens with zero attached hydrogens (tertiary/aromatic N) is 6. The SMILES string of the molecule is c1nc(-n2cnc3cnc(N4CCOCC4)nc32)cs1. The van der Waals surface area contributed by atoms with E-state index in [4.69, 9.17) is 4.74 Å². The maximum absolute atomic E-state index is 5.35. The smallest absolute Gasteiger partial charge is 0.227 e. The Labute approximate surface area is 118 Å². The number of hydrogen-bond donors (Lipinski definition) is 0. The van der Waals surface area contributed by atoms with Gasteiger partial charge in [-0.1, -0.05) is 0 Å². The third kappa shape index (κ3) is 1.93. The second kappa shape index (κ2) is 4.80. The molecule has 1 aliphatic rings. The summed E-state index contributed by atoms with van der Waals surface area (Å²) >= 11 is 1.55. The third-order valence-electron chi connectivity index (χ3n) is 3.24. The van der Waals surface area contributed by atoms with Crippen molar-refractivity contribution in [2.75, 3.05) is 31.2 Å². The van der Waals surface area contributed by atoms with Gasteiger partial charge in [0, 0.05) is 18.5 Å². The Morgan fingerprint density at radius 1 is 1.15 bits per heavy atom. The summed E-state index contributed by atoms with van der Waals surface area (Å²) in [4.78, 5) is 19.8. The average molecular weight is 288 g/mol. The molecule has 0 bridgehead atoms. The van der Waals surface area contributed by atoms with Crippen molar-refractivity contribution in [2.24, 2.45) is 0 Å². The Morgan fingerprint density at radius 2 is 2.05 bits per heavy atom. The largest absolute Gasteiger partial charge is 0.378 e. The molecule has 0 radical (unpaired) electrons. The molecule has 0 aliphatic carbocycles. The number of fused-ring (bicyclic) bond motifs is 1. The zero-order valence-electron chi connectivity index (χ0n) is 10.6. The molecule has 20 heavy (non-hydrogen) atoms. The van der Waals surface area contributed by atoms with Crippen molar-refractivity contribution in [1.29, 1.82) is 0 Å². The molecule has 0 N–H and O–H groups in total. The molecular weight excluding hydrogens is 276 g/mol. The predicted octanol–water partition coefficient (Wildman–Crippen LogP) is 1.11. The van der Waals surface area contributed by atoms with E-state index in [-0.39, 0.29) is 0 Å². The van der Waals surface area contributed by atoms with Gasteiger partial charge in [-0.25, -0.2) is 15.0 Å². The quantitative estimate of drug-likeness (QED) is 0.703. The number of morpholine rings is 1. The van der Waals surface area contributed by atoms with Crippen LogP contribution in [0.1, 0.15) is 0 Å². The van der Waals surface area contributed by atoms with Crippen LogP contribution in [-0.4, -0.2) is 50.8 Å². The van der Waals surface area contributed by atoms with Gasteiger partial charge in [-0.2, -0.15) is 4.98 Å². The fraction of sp³-hybridized carbons (Fsp3) is 0.333. The Balaban J connectivity index is 1.79. The molecule has 0 amide bonds. The zero-order chi connectivity index (χ0) is 13.4. The van der Waals surface area contributed by atoms with E-state index < -0.39 is 0 Å². The highest BCUT2D eigenvalue weighted by Crippen LogP contribution is 2.18. The molecule has 0 unspecified atom stereocenters. The van der Waals surface area contributed by atoms with Crippen LogP contribution < -0.4 is 4.90 Å². The molecule has 1 fully saturated rings. The summed E-state index contributed by atoms with van der Waals surface area (Å²) in [6.07, 6.45) is 3.49. The van der Waals surface area contributed by atoms with E-state index in [1.165, 1.54) is 0 Å². The zero-order valence-corrected chi connectivity index (χ0v) is 11.5. The minimum absolute atomic E-state index is 0.715. The van der Waals surface area contributed by atoms with Crippen molar-refractivity contribution in [3.8, 4) is 5.82 Å². The summed E-state index contributed by atoms with van der Waals surface area (Å²) in [5.41, 5.74) is 3.35. The van der Waals surface area contributed by atoms with Crippen molar-refractivity contribution in [2.45, 2.75) is 0 Å². The van der Waals surface area contributed by atoms with Gasteiger partial charge in [0.25, 0.3) is 0 Å². The summed E-state index contributed by atoms with van der Waals surface area (Å²) in [7, 11) is 0. The van der Waals surface area contributed by atoms with Gasteiger partial charge in [-0.05, 0) is 0 Å². The van der Waals surface area contributed by atoms with Crippen molar-refractivity contribution >= 4 is 28.4 Å². The van der Waals surface area contributed by atoms with Gasteiger partial charge in [0.2, 0.25) is 5.95 Å². The Morgan fingerprint density at radius 3 is 2.85 bits per heavy atom. The third-order valence-corrected chi connectivity index (χ3v) is 3.81. The highest BCUT2D eigenvalue weighted by Gasteiger charge is 2.16. The van der Waals surface area contributed by atoms with Crippen LogP contribution in [0.4, 0.5) is 5.95 Å². The van der Waals surface area contributed by atoms with Crippen molar-refractivity contribution in [3.05, 3.63) is 23.4 Å². The second-order valence-corrected chi connectivity index (χ2v) is 5.16. The molecule has 1 saturated heterocycles. The first kappa shape index (κ1) is 11.7. The summed E-state index contributed by atoms with van der Waals surface area (Å²) in [5.74, 6) is 1.56. The van der Waals surface area contributed by atoms with E-state index in [9.17, 15) is 0 Å². The number of thiazole rings is 1. The molecule has 0 atom stereocenters. The van der Waals surface area contributed by atoms with Gasteiger partial charge in [-0.3, -0.25) is 4.57 Å². The van der Waals surface area contributed by atoms with Gasteiger partial charge in [0.1, 0.15) is 11.8 Å². The molecule has 7 nitrogen and oxygen atoms in total. The molecular formula is C12H12N6OS. The lowest BCUT2D eigenvalue weighted by atomic mass is 10.4. The Bertz CT molecular complexity index is 719. The van der Waals surface area contributed by atoms with Crippen molar-refractivity contribution in [1.82, 2.24) is 24.5 Å². The fourth-order valence-electron chi connectivity index (χ4n) is 2.21. The number of rotatable bonds is 2. The van der Waals surface area contributed by atoms with E-state index in [1.54, 1.807) is 29.4 Å². The van der Waals surface area contributed by atoms with Gasteiger partial charge >= 0.3 is 0 Å². The summed E-state index contributed by atoms with van der Waals surface area (Å²) < 4.78 is 7.24. The summed E-state index contributed by atoms with van der Waals surface area (Å²) in [5, 5.41) is 1.97. The van der Waals surface area contributed by atoms with E-state index in [0.29, 0.717) is 13.2 Å². The Hall–Kier alpha value is -2.06. The van der Waals surface area contributed by atoms with Gasteiger partial charge in [0.15, 0.2) is 11.5 Å². The molecule has 8 heteroatoms. The number of aromatic nitrogens is 5. The first-order chi connectivity index (χ1) is 9.92. The number of ether oxygens (including phenoxy) is 1. The standard InChI is InChI=1S/C12H12N6OS/c1-3-19-4-2-17(1)12-13-5-9-11(16-12)18(7-14-9)10-6-20-8-15-10/h5-8H,1-4H2. The maximum atomic E-state index is 5.35. The first-order valence-corrected chi connectivity index (χ1v) is 7.27. The normalized spacial score (nSPS) is 15.9. The summed E-state index contributed by atoms with van der Waals surface area (Å²) in [6, 6.07) is 0. The lowest BCUT2D eigenvalue weighted by molar-refractivity contribution is 0.122. The van der Waals surface area contributed by atoms with E-state index in [2.05, 4.69) is 24.8 Å². The van der Waals surface area contributed by atoms with Crippen LogP contribution in [0.2, 0.25) is 0 Å². The minimum Gasteiger partial charge on any atom is -0.378 e. The lowest BCUT2D eigenvalue weighted by Gasteiger charge is -2.26. The summed E-state index contributed by atoms with van der Waals surface area (Å²) in [6.45, 7) is 3.06. The first-order valence-electron chi connectivity index (χ1n) is 6.33. The van der Waals surface area contributed by atoms with E-state index >= 15 is 0 Å². The lowest BCUT2D eigenvalue weighted by Crippen LogP contribution is -2.37. The fourth-order valence-corrected chi connectivity index (χ4v) is 2.73. The highest BCUT2D eigenvalue weighted by molar-refractivity contribution is 7.07. The van der Waals surface area contributed by atoms with Crippen LogP contribution in [0.3, 0.4) is 0 Å². The minimum atomic E-state index is 0.715. The van der Waals surface area contributed by atoms with Crippen LogP contribution in [0.25, 0.3) is 17.0 Å². The molecule has 4 rings (SSSR count). The van der Waals surface area contributed by atoms with Gasteiger partial charge in [-0.15, -0.1) is 11.3 Å². The van der Waals surface area contributed by atoms with Crippen molar-refractivity contribution < 1.29 is 4.74 Å². The molecule has 3 aromatic heterocycles. The predicted molar refractivity (Wildman–Crippen MR) is 75.4 cm³/mol. The highest BCUT2D eigenvalue weighted by atomic mass is 32.1. The van der Waals surface area contributed by atoms with Gasteiger partial charge in [0.05, 0.1) is 24.9 Å². The molecule has 0 spiro atoms. The monoisotopic (exact) mass is 288 g/mol. The average Bonchev–Trinajstić information content (AvgIpc) is 3.16. The van der Waals surface area contributed by atoms with Gasteiger partial charge < -0.3 is 9.64 Å². The molecule has 0 aromatic carbocycles. The second-order valence-electron chi connectivity index (χ2n) is 4.44. The van der Waals surface area contributed by atoms with Crippen LogP contribution in [0, 0.1) is 0 Å². The maximum Gasteiger partial charge on any atom is 0.227 e. The van der Waals surface area contributed by atoms with E-state index in [0.717, 1.165) is 36.0 Å². The topological polar surface area (TPSA) is 69.0 Å². The molecule has 0 saturated carbocycles. The molecule has 102 valence electrons. The Kier molecular flexibility index (Phi) is 2.82. The van der Waals surface area contributed by atoms with Crippen LogP contribution in [0.5, 0.6) is 0 Å². The van der Waals surface area contributed by atoms with Crippen LogP contribution in [0.15, 0.2) is 23.4 Å². The molecule has 3 aromatic rings. The molecule has 1 aliphatic heterocycles.